The highest BCUT2D eigenvalue weighted by Crippen LogP contribution is 2.18. The Morgan fingerprint density at radius 1 is 1.32 bits per heavy atom. The van der Waals surface area contributed by atoms with Crippen molar-refractivity contribution in [2.24, 2.45) is 5.92 Å². The normalized spacial score (nSPS) is 17.7. The largest absolute Gasteiger partial charge is 0.355 e. The van der Waals surface area contributed by atoms with Crippen molar-refractivity contribution >= 4 is 22.8 Å². The molecule has 0 saturated carbocycles. The molecule has 2 amide bonds. The molecule has 1 aromatic carbocycles. The van der Waals surface area contributed by atoms with Crippen LogP contribution in [0.25, 0.3) is 11.0 Å². The van der Waals surface area contributed by atoms with Gasteiger partial charge >= 0.3 is 0 Å². The number of imidazole rings is 1. The van der Waals surface area contributed by atoms with E-state index in [0.717, 1.165) is 42.8 Å². The van der Waals surface area contributed by atoms with Crippen molar-refractivity contribution < 1.29 is 9.59 Å². The van der Waals surface area contributed by atoms with Crippen molar-refractivity contribution in [2.75, 3.05) is 19.6 Å². The third-order valence-electron chi connectivity index (χ3n) is 4.94. The first-order valence-corrected chi connectivity index (χ1v) is 9.07. The van der Waals surface area contributed by atoms with Gasteiger partial charge < -0.3 is 14.8 Å². The average molecular weight is 342 g/mol. The Morgan fingerprint density at radius 3 is 2.88 bits per heavy atom. The molecule has 1 fully saturated rings. The highest BCUT2D eigenvalue weighted by Gasteiger charge is 2.26. The van der Waals surface area contributed by atoms with Crippen LogP contribution in [-0.2, 0) is 22.6 Å². The maximum atomic E-state index is 12.4. The summed E-state index contributed by atoms with van der Waals surface area (Å²) in [7, 11) is 0. The van der Waals surface area contributed by atoms with Gasteiger partial charge in [0.1, 0.15) is 5.82 Å². The van der Waals surface area contributed by atoms with E-state index in [1.165, 1.54) is 0 Å². The van der Waals surface area contributed by atoms with Crippen LogP contribution < -0.4 is 5.32 Å². The summed E-state index contributed by atoms with van der Waals surface area (Å²) >= 11 is 0. The molecule has 134 valence electrons. The van der Waals surface area contributed by atoms with Gasteiger partial charge in [-0.2, -0.15) is 0 Å². The van der Waals surface area contributed by atoms with Crippen molar-refractivity contribution in [3.63, 3.8) is 0 Å². The van der Waals surface area contributed by atoms with Crippen molar-refractivity contribution in [2.45, 2.75) is 39.7 Å². The number of aromatic nitrogens is 2. The second-order valence-electron chi connectivity index (χ2n) is 6.61. The van der Waals surface area contributed by atoms with Gasteiger partial charge in [0.05, 0.1) is 17.0 Å². The molecule has 1 aromatic heterocycles. The van der Waals surface area contributed by atoms with Gasteiger partial charge in [0.15, 0.2) is 0 Å². The van der Waals surface area contributed by atoms with Gasteiger partial charge in [0.2, 0.25) is 11.8 Å². The summed E-state index contributed by atoms with van der Waals surface area (Å²) in [5.41, 5.74) is 2.13. The Labute approximate surface area is 148 Å². The molecule has 1 saturated heterocycles. The number of nitrogens with one attached hydrogen (secondary N) is 1. The zero-order valence-corrected chi connectivity index (χ0v) is 15.0. The summed E-state index contributed by atoms with van der Waals surface area (Å²) in [6, 6.07) is 8.10. The molecule has 0 radical (unpaired) electrons. The molecule has 1 aliphatic heterocycles. The van der Waals surface area contributed by atoms with E-state index in [9.17, 15) is 9.59 Å². The van der Waals surface area contributed by atoms with Gasteiger partial charge in [0.25, 0.3) is 0 Å². The Morgan fingerprint density at radius 2 is 2.12 bits per heavy atom. The number of amides is 2. The third kappa shape index (κ3) is 3.83. The summed E-state index contributed by atoms with van der Waals surface area (Å²) < 4.78 is 2.19. The maximum absolute atomic E-state index is 12.4. The number of nitrogens with zero attached hydrogens (tertiary/aromatic N) is 3. The first-order valence-electron chi connectivity index (χ1n) is 9.07. The van der Waals surface area contributed by atoms with Crippen LogP contribution in [0, 0.1) is 5.92 Å². The number of rotatable bonds is 5. The quantitative estimate of drug-likeness (QED) is 0.903. The van der Waals surface area contributed by atoms with Gasteiger partial charge in [-0.3, -0.25) is 9.59 Å². The smallest absolute Gasteiger partial charge is 0.224 e. The number of carbonyl (C=O) groups is 2. The lowest BCUT2D eigenvalue weighted by atomic mass is 9.97. The lowest BCUT2D eigenvalue weighted by molar-refractivity contribution is -0.133. The van der Waals surface area contributed by atoms with E-state index in [4.69, 9.17) is 0 Å². The number of hydrogen-bond donors (Lipinski definition) is 1. The van der Waals surface area contributed by atoms with Crippen molar-refractivity contribution in [1.29, 1.82) is 0 Å². The highest BCUT2D eigenvalue weighted by molar-refractivity contribution is 5.80. The van der Waals surface area contributed by atoms with E-state index in [-0.39, 0.29) is 17.7 Å². The summed E-state index contributed by atoms with van der Waals surface area (Å²) in [5.74, 6) is 1.000. The molecule has 0 spiro atoms. The van der Waals surface area contributed by atoms with Crippen LogP contribution >= 0.6 is 0 Å². The predicted octanol–water partition coefficient (Wildman–Crippen LogP) is 1.97. The molecule has 0 unspecified atom stereocenters. The van der Waals surface area contributed by atoms with E-state index in [2.05, 4.69) is 27.9 Å². The third-order valence-corrected chi connectivity index (χ3v) is 4.94. The molecule has 6 nitrogen and oxygen atoms in total. The molecule has 2 heterocycles. The minimum absolute atomic E-state index is 0.0464. The molecular formula is C19H26N4O2. The Balaban J connectivity index is 1.57. The van der Waals surface area contributed by atoms with Gasteiger partial charge in [0, 0.05) is 39.5 Å². The van der Waals surface area contributed by atoms with Crippen LogP contribution in [0.2, 0.25) is 0 Å². The van der Waals surface area contributed by atoms with Gasteiger partial charge in [-0.15, -0.1) is 0 Å². The lowest BCUT2D eigenvalue weighted by Crippen LogP contribution is -2.45. The SMILES string of the molecule is CCn1c(CCNC(=O)[C@H]2CCCN(C(C)=O)C2)nc2ccccc21. The van der Waals surface area contributed by atoms with E-state index in [1.807, 2.05) is 18.2 Å². The molecule has 2 aromatic rings. The van der Waals surface area contributed by atoms with Gasteiger partial charge in [-0.05, 0) is 31.9 Å². The Bertz CT molecular complexity index is 768. The van der Waals surface area contributed by atoms with Crippen LogP contribution in [0.3, 0.4) is 0 Å². The molecule has 1 N–H and O–H groups in total. The molecule has 1 atom stereocenters. The molecule has 0 aliphatic carbocycles. The summed E-state index contributed by atoms with van der Waals surface area (Å²) in [4.78, 5) is 30.4. The second kappa shape index (κ2) is 7.68. The Kier molecular flexibility index (Phi) is 5.36. The van der Waals surface area contributed by atoms with Crippen LogP contribution in [-0.4, -0.2) is 45.9 Å². The molecule has 1 aliphatic rings. The second-order valence-corrected chi connectivity index (χ2v) is 6.61. The van der Waals surface area contributed by atoms with Crippen LogP contribution in [0.4, 0.5) is 0 Å². The number of carbonyl (C=O) groups excluding carboxylic acids is 2. The van der Waals surface area contributed by atoms with E-state index < -0.39 is 0 Å². The lowest BCUT2D eigenvalue weighted by Gasteiger charge is -2.31. The standard InChI is InChI=1S/C19H26N4O2/c1-3-23-17-9-5-4-8-16(17)21-18(23)10-11-20-19(25)15-7-6-12-22(13-15)14(2)24/h4-5,8-9,15H,3,6-7,10-13H2,1-2H3,(H,20,25)/t15-/m0/s1. The molecular weight excluding hydrogens is 316 g/mol. The summed E-state index contributed by atoms with van der Waals surface area (Å²) in [6.45, 7) is 6.40. The number of likely N-dealkylation sites (tertiary alicyclic amines) is 1. The molecule has 3 rings (SSSR count). The van der Waals surface area contributed by atoms with E-state index in [1.54, 1.807) is 11.8 Å². The van der Waals surface area contributed by atoms with Crippen LogP contribution in [0.5, 0.6) is 0 Å². The highest BCUT2D eigenvalue weighted by atomic mass is 16.2. The van der Waals surface area contributed by atoms with E-state index in [0.29, 0.717) is 19.5 Å². The van der Waals surface area contributed by atoms with Crippen LogP contribution in [0.15, 0.2) is 24.3 Å². The number of hydrogen-bond acceptors (Lipinski definition) is 3. The summed E-state index contributed by atoms with van der Waals surface area (Å²) in [5, 5.41) is 3.03. The van der Waals surface area contributed by atoms with Gasteiger partial charge in [-0.25, -0.2) is 4.98 Å². The molecule has 25 heavy (non-hydrogen) atoms. The minimum atomic E-state index is -0.0948. The van der Waals surface area contributed by atoms with Crippen LogP contribution in [0.1, 0.15) is 32.5 Å². The fraction of sp³-hybridized carbons (Fsp3) is 0.526. The average Bonchev–Trinajstić information content (AvgIpc) is 2.99. The number of benzene rings is 1. The Hall–Kier alpha value is -2.37. The topological polar surface area (TPSA) is 67.2 Å². The number of fused-ring (bicyclic) bond motifs is 1. The molecule has 6 heteroatoms. The minimum Gasteiger partial charge on any atom is -0.355 e. The summed E-state index contributed by atoms with van der Waals surface area (Å²) in [6.07, 6.45) is 2.45. The maximum Gasteiger partial charge on any atom is 0.224 e. The number of piperidine rings is 1. The fourth-order valence-corrected chi connectivity index (χ4v) is 3.59. The zero-order chi connectivity index (χ0) is 17.8. The van der Waals surface area contributed by atoms with E-state index >= 15 is 0 Å². The number of aryl methyl sites for hydroxylation is 1. The van der Waals surface area contributed by atoms with Gasteiger partial charge in [-0.1, -0.05) is 12.1 Å². The monoisotopic (exact) mass is 342 g/mol. The van der Waals surface area contributed by atoms with Crippen molar-refractivity contribution in [3.8, 4) is 0 Å². The zero-order valence-electron chi connectivity index (χ0n) is 15.0. The van der Waals surface area contributed by atoms with Crippen molar-refractivity contribution in [1.82, 2.24) is 19.8 Å². The molecule has 0 bridgehead atoms. The van der Waals surface area contributed by atoms with Crippen molar-refractivity contribution in [3.05, 3.63) is 30.1 Å². The first-order chi connectivity index (χ1) is 12.1. The first kappa shape index (κ1) is 17.5. The number of para-hydroxylation sites is 2. The predicted molar refractivity (Wildman–Crippen MR) is 97.1 cm³/mol. The fourth-order valence-electron chi connectivity index (χ4n) is 3.59.